The third kappa shape index (κ3) is 4.22. The van der Waals surface area contributed by atoms with Gasteiger partial charge in [-0.15, -0.1) is 0 Å². The van der Waals surface area contributed by atoms with Crippen molar-refractivity contribution in [2.45, 2.75) is 13.3 Å². The molecule has 100 valence electrons. The number of nitrogens with one attached hydrogen (secondary N) is 2. The van der Waals surface area contributed by atoms with Gasteiger partial charge in [-0.05, 0) is 37.5 Å². The van der Waals surface area contributed by atoms with Gasteiger partial charge < -0.3 is 10.6 Å². The monoisotopic (exact) mass is 270 g/mol. The Balaban J connectivity index is 2.69. The van der Waals surface area contributed by atoms with Crippen molar-refractivity contribution in [2.75, 3.05) is 30.4 Å². The van der Waals surface area contributed by atoms with Gasteiger partial charge in [0.05, 0.1) is 11.3 Å². The third-order valence-corrected chi connectivity index (χ3v) is 3.12. The lowest BCUT2D eigenvalue weighted by Crippen LogP contribution is -2.26. The summed E-state index contributed by atoms with van der Waals surface area (Å²) in [6, 6.07) is 4.53. The average molecular weight is 270 g/mol. The van der Waals surface area contributed by atoms with Crippen LogP contribution in [-0.4, -0.2) is 31.0 Å². The van der Waals surface area contributed by atoms with E-state index in [0.717, 1.165) is 12.2 Å². The molecular weight excluding hydrogens is 251 g/mol. The lowest BCUT2D eigenvalue weighted by molar-refractivity contribution is 0.0954. The van der Waals surface area contributed by atoms with Gasteiger partial charge in [0, 0.05) is 13.1 Å². The quantitative estimate of drug-likeness (QED) is 0.749. The normalized spacial score (nSPS) is 10.2. The summed E-state index contributed by atoms with van der Waals surface area (Å²) in [4.78, 5) is 11.9. The minimum atomic E-state index is -0.395. The van der Waals surface area contributed by atoms with E-state index in [4.69, 9.17) is 0 Å². The first-order valence-electron chi connectivity index (χ1n) is 6.00. The van der Waals surface area contributed by atoms with Crippen molar-refractivity contribution in [1.82, 2.24) is 5.32 Å². The molecular formula is C13H19FN2OS. The van der Waals surface area contributed by atoms with Crippen LogP contribution in [0, 0.1) is 5.82 Å². The number of hydrogen-bond acceptors (Lipinski definition) is 3. The maximum atomic E-state index is 13.6. The predicted octanol–water partition coefficient (Wildman–Crippen LogP) is 2.74. The molecule has 0 bridgehead atoms. The van der Waals surface area contributed by atoms with Gasteiger partial charge in [-0.25, -0.2) is 4.39 Å². The fraction of sp³-hybridized carbons (Fsp3) is 0.462. The molecule has 0 heterocycles. The number of amides is 1. The van der Waals surface area contributed by atoms with Gasteiger partial charge in [0.25, 0.3) is 5.91 Å². The van der Waals surface area contributed by atoms with Crippen LogP contribution >= 0.6 is 11.8 Å². The molecule has 1 aromatic rings. The van der Waals surface area contributed by atoms with Gasteiger partial charge in [-0.3, -0.25) is 4.79 Å². The predicted molar refractivity (Wildman–Crippen MR) is 75.9 cm³/mol. The topological polar surface area (TPSA) is 41.1 Å². The Morgan fingerprint density at radius 1 is 1.44 bits per heavy atom. The second-order valence-corrected chi connectivity index (χ2v) is 4.78. The van der Waals surface area contributed by atoms with E-state index in [1.165, 1.54) is 6.07 Å². The van der Waals surface area contributed by atoms with Crippen molar-refractivity contribution < 1.29 is 9.18 Å². The summed E-state index contributed by atoms with van der Waals surface area (Å²) in [7, 11) is 0. The molecule has 0 spiro atoms. The molecule has 0 saturated carbocycles. The maximum Gasteiger partial charge on any atom is 0.253 e. The molecule has 0 aliphatic heterocycles. The molecule has 0 aliphatic carbocycles. The number of carbonyl (C=O) groups excluding carboxylic acids is 1. The zero-order valence-electron chi connectivity index (χ0n) is 10.8. The first-order chi connectivity index (χ1) is 8.70. The molecule has 0 atom stereocenters. The largest absolute Gasteiger partial charge is 0.382 e. The number of hydrogen-bond donors (Lipinski definition) is 2. The van der Waals surface area contributed by atoms with Gasteiger partial charge in [-0.2, -0.15) is 11.8 Å². The third-order valence-electron chi connectivity index (χ3n) is 2.42. The highest BCUT2D eigenvalue weighted by atomic mass is 32.2. The molecule has 0 saturated heterocycles. The molecule has 3 nitrogen and oxygen atoms in total. The average Bonchev–Trinajstić information content (AvgIpc) is 2.37. The van der Waals surface area contributed by atoms with Crippen LogP contribution in [0.15, 0.2) is 18.2 Å². The van der Waals surface area contributed by atoms with Gasteiger partial charge in [-0.1, -0.05) is 6.07 Å². The van der Waals surface area contributed by atoms with E-state index >= 15 is 0 Å². The summed E-state index contributed by atoms with van der Waals surface area (Å²) in [6.07, 6.45) is 2.94. The molecule has 0 radical (unpaired) electrons. The fourth-order valence-corrected chi connectivity index (χ4v) is 2.02. The number of rotatable bonds is 7. The van der Waals surface area contributed by atoms with Crippen LogP contribution in [0.5, 0.6) is 0 Å². The zero-order valence-corrected chi connectivity index (χ0v) is 11.6. The van der Waals surface area contributed by atoms with Crippen LogP contribution in [0.2, 0.25) is 0 Å². The molecule has 0 fully saturated rings. The van der Waals surface area contributed by atoms with Crippen molar-refractivity contribution >= 4 is 23.4 Å². The Labute approximate surface area is 112 Å². The summed E-state index contributed by atoms with van der Waals surface area (Å²) in [5, 5.41) is 5.69. The molecule has 0 aliphatic rings. The Morgan fingerprint density at radius 2 is 2.22 bits per heavy atom. The van der Waals surface area contributed by atoms with Crippen molar-refractivity contribution in [3.05, 3.63) is 29.6 Å². The van der Waals surface area contributed by atoms with Crippen LogP contribution in [0.25, 0.3) is 0 Å². The Morgan fingerprint density at radius 3 is 2.89 bits per heavy atom. The van der Waals surface area contributed by atoms with E-state index in [2.05, 4.69) is 10.6 Å². The van der Waals surface area contributed by atoms with Crippen LogP contribution in [0.1, 0.15) is 23.7 Å². The van der Waals surface area contributed by atoms with E-state index in [9.17, 15) is 9.18 Å². The minimum absolute atomic E-state index is 0.230. The Bertz CT molecular complexity index is 399. The minimum Gasteiger partial charge on any atom is -0.382 e. The highest BCUT2D eigenvalue weighted by Gasteiger charge is 2.13. The summed E-state index contributed by atoms with van der Waals surface area (Å²) in [6.45, 7) is 3.06. The van der Waals surface area contributed by atoms with Crippen LogP contribution in [0.4, 0.5) is 10.1 Å². The van der Waals surface area contributed by atoms with E-state index in [1.807, 2.05) is 13.2 Å². The first kappa shape index (κ1) is 14.8. The molecule has 1 amide bonds. The number of benzene rings is 1. The lowest BCUT2D eigenvalue weighted by Gasteiger charge is -2.11. The molecule has 1 rings (SSSR count). The van der Waals surface area contributed by atoms with Gasteiger partial charge in [0.2, 0.25) is 0 Å². The number of halogens is 1. The van der Waals surface area contributed by atoms with Crippen molar-refractivity contribution in [2.24, 2.45) is 0 Å². The van der Waals surface area contributed by atoms with Crippen molar-refractivity contribution in [1.29, 1.82) is 0 Å². The van der Waals surface area contributed by atoms with Gasteiger partial charge in [0.15, 0.2) is 0 Å². The summed E-state index contributed by atoms with van der Waals surface area (Å²) < 4.78 is 13.6. The molecule has 2 N–H and O–H groups in total. The van der Waals surface area contributed by atoms with Crippen molar-refractivity contribution in [3.63, 3.8) is 0 Å². The van der Waals surface area contributed by atoms with Gasteiger partial charge >= 0.3 is 0 Å². The van der Waals surface area contributed by atoms with E-state index in [-0.39, 0.29) is 11.6 Å². The smallest absolute Gasteiger partial charge is 0.253 e. The Hall–Kier alpha value is -1.23. The molecule has 1 aromatic carbocycles. The highest BCUT2D eigenvalue weighted by Crippen LogP contribution is 2.19. The second-order valence-electron chi connectivity index (χ2n) is 3.79. The first-order valence-corrected chi connectivity index (χ1v) is 7.39. The molecule has 0 aromatic heterocycles. The highest BCUT2D eigenvalue weighted by molar-refractivity contribution is 7.98. The second kappa shape index (κ2) is 7.97. The van der Waals surface area contributed by atoms with Crippen LogP contribution in [0.3, 0.4) is 0 Å². The van der Waals surface area contributed by atoms with Crippen LogP contribution < -0.4 is 10.6 Å². The van der Waals surface area contributed by atoms with E-state index in [1.54, 1.807) is 23.9 Å². The SMILES string of the molecule is CCNc1c(F)cccc1C(=O)NCCCSC. The summed E-state index contributed by atoms with van der Waals surface area (Å²) >= 11 is 1.74. The number of anilines is 1. The van der Waals surface area contributed by atoms with E-state index in [0.29, 0.717) is 18.7 Å². The number of carbonyl (C=O) groups is 1. The lowest BCUT2D eigenvalue weighted by atomic mass is 10.1. The van der Waals surface area contributed by atoms with Gasteiger partial charge in [0.1, 0.15) is 5.82 Å². The standard InChI is InChI=1S/C13H19FN2OS/c1-3-15-12-10(6-4-7-11(12)14)13(17)16-8-5-9-18-2/h4,6-7,15H,3,5,8-9H2,1-2H3,(H,16,17). The number of para-hydroxylation sites is 1. The molecule has 18 heavy (non-hydrogen) atoms. The van der Waals surface area contributed by atoms with Crippen molar-refractivity contribution in [3.8, 4) is 0 Å². The summed E-state index contributed by atoms with van der Waals surface area (Å²) in [5.41, 5.74) is 0.642. The molecule has 5 heteroatoms. The van der Waals surface area contributed by atoms with E-state index < -0.39 is 5.82 Å². The number of thioether (sulfide) groups is 1. The summed E-state index contributed by atoms with van der Waals surface area (Å²) in [5.74, 6) is 0.379. The maximum absolute atomic E-state index is 13.6. The fourth-order valence-electron chi connectivity index (χ4n) is 1.58. The zero-order chi connectivity index (χ0) is 13.4. The Kier molecular flexibility index (Phi) is 6.57. The van der Waals surface area contributed by atoms with Crippen LogP contribution in [-0.2, 0) is 0 Å². The molecule has 0 unspecified atom stereocenters.